The molecule has 1 rings (SSSR count). The lowest BCUT2D eigenvalue weighted by Crippen LogP contribution is -2.07. The molecular formula is C11H19NOS. The first-order valence-electron chi connectivity index (χ1n) is 4.99. The third-order valence-corrected chi connectivity index (χ3v) is 3.15. The summed E-state index contributed by atoms with van der Waals surface area (Å²) in [5.41, 5.74) is 0.292. The molecule has 0 spiro atoms. The Morgan fingerprint density at radius 1 is 1.50 bits per heavy atom. The van der Waals surface area contributed by atoms with Gasteiger partial charge in [0.1, 0.15) is 0 Å². The number of hydrogen-bond acceptors (Lipinski definition) is 3. The fourth-order valence-corrected chi connectivity index (χ4v) is 2.05. The lowest BCUT2D eigenvalue weighted by molar-refractivity contribution is 0.151. The molecule has 1 N–H and O–H groups in total. The second-order valence-corrected chi connectivity index (χ2v) is 6.16. The van der Waals surface area contributed by atoms with Gasteiger partial charge in [-0.2, -0.15) is 0 Å². The zero-order valence-corrected chi connectivity index (χ0v) is 10.2. The maximum atomic E-state index is 9.87. The van der Waals surface area contributed by atoms with Crippen LogP contribution in [0.4, 0.5) is 0 Å². The number of aliphatic hydroxyl groups excluding tert-OH is 1. The van der Waals surface area contributed by atoms with E-state index in [1.165, 1.54) is 0 Å². The molecule has 1 aromatic heterocycles. The number of hydrogen-bond donors (Lipinski definition) is 1. The molecule has 0 fully saturated rings. The summed E-state index contributed by atoms with van der Waals surface area (Å²) in [7, 11) is 0. The Bertz CT molecular complexity index is 288. The SMILES string of the molecule is Cc1ncc(C(O)CCC(C)(C)C)s1. The molecule has 0 aliphatic carbocycles. The highest BCUT2D eigenvalue weighted by Crippen LogP contribution is 2.29. The number of nitrogens with zero attached hydrogens (tertiary/aromatic N) is 1. The van der Waals surface area contributed by atoms with Crippen molar-refractivity contribution in [2.45, 2.75) is 46.6 Å². The Balaban J connectivity index is 2.47. The molecule has 0 saturated carbocycles. The number of rotatable bonds is 3. The van der Waals surface area contributed by atoms with Gasteiger partial charge in [-0.15, -0.1) is 11.3 Å². The lowest BCUT2D eigenvalue weighted by atomic mass is 9.89. The predicted molar refractivity (Wildman–Crippen MR) is 60.5 cm³/mol. The van der Waals surface area contributed by atoms with Gasteiger partial charge in [-0.05, 0) is 25.2 Å². The summed E-state index contributed by atoms with van der Waals surface area (Å²) < 4.78 is 0. The largest absolute Gasteiger partial charge is 0.388 e. The van der Waals surface area contributed by atoms with E-state index in [4.69, 9.17) is 0 Å². The molecule has 1 atom stereocenters. The maximum absolute atomic E-state index is 9.87. The van der Waals surface area contributed by atoms with E-state index in [1.807, 2.05) is 6.92 Å². The van der Waals surface area contributed by atoms with Gasteiger partial charge in [0.2, 0.25) is 0 Å². The van der Waals surface area contributed by atoms with Crippen LogP contribution >= 0.6 is 11.3 Å². The van der Waals surface area contributed by atoms with Crippen molar-refractivity contribution in [3.63, 3.8) is 0 Å². The Hall–Kier alpha value is -0.410. The number of aryl methyl sites for hydroxylation is 1. The van der Waals surface area contributed by atoms with Gasteiger partial charge in [-0.3, -0.25) is 0 Å². The molecule has 0 saturated heterocycles. The molecule has 3 heteroatoms. The highest BCUT2D eigenvalue weighted by atomic mass is 32.1. The summed E-state index contributed by atoms with van der Waals surface area (Å²) in [5.74, 6) is 0. The normalized spacial score (nSPS) is 14.4. The molecule has 2 nitrogen and oxygen atoms in total. The van der Waals surface area contributed by atoms with Gasteiger partial charge >= 0.3 is 0 Å². The molecule has 1 heterocycles. The van der Waals surface area contributed by atoms with Crippen LogP contribution in [0.1, 0.15) is 49.6 Å². The molecular weight excluding hydrogens is 194 g/mol. The summed E-state index contributed by atoms with van der Waals surface area (Å²) in [6.07, 6.45) is 3.31. The van der Waals surface area contributed by atoms with Crippen molar-refractivity contribution < 1.29 is 5.11 Å². The molecule has 0 radical (unpaired) electrons. The highest BCUT2D eigenvalue weighted by molar-refractivity contribution is 7.11. The Morgan fingerprint density at radius 2 is 2.14 bits per heavy atom. The van der Waals surface area contributed by atoms with Crippen LogP contribution in [0.15, 0.2) is 6.20 Å². The van der Waals surface area contributed by atoms with Crippen LogP contribution in [-0.2, 0) is 0 Å². The molecule has 1 aromatic rings. The monoisotopic (exact) mass is 213 g/mol. The molecule has 0 aromatic carbocycles. The zero-order valence-electron chi connectivity index (χ0n) is 9.37. The summed E-state index contributed by atoms with van der Waals surface area (Å²) in [4.78, 5) is 5.13. The summed E-state index contributed by atoms with van der Waals surface area (Å²) in [5, 5.41) is 10.9. The molecule has 14 heavy (non-hydrogen) atoms. The third kappa shape index (κ3) is 3.76. The molecule has 0 aliphatic rings. The lowest BCUT2D eigenvalue weighted by Gasteiger charge is -2.19. The Kier molecular flexibility index (Phi) is 3.67. The highest BCUT2D eigenvalue weighted by Gasteiger charge is 2.16. The van der Waals surface area contributed by atoms with E-state index in [0.717, 1.165) is 22.7 Å². The number of aliphatic hydroxyl groups is 1. The van der Waals surface area contributed by atoms with Gasteiger partial charge in [0.25, 0.3) is 0 Å². The summed E-state index contributed by atoms with van der Waals surface area (Å²) >= 11 is 1.59. The standard InChI is InChI=1S/C11H19NOS/c1-8-12-7-10(14-8)9(13)5-6-11(2,3)4/h7,9,13H,5-6H2,1-4H3. The van der Waals surface area contributed by atoms with Gasteiger partial charge in [0.05, 0.1) is 16.0 Å². The second-order valence-electron chi connectivity index (χ2n) is 4.90. The van der Waals surface area contributed by atoms with E-state index in [1.54, 1.807) is 17.5 Å². The molecule has 1 unspecified atom stereocenters. The van der Waals surface area contributed by atoms with Crippen LogP contribution < -0.4 is 0 Å². The van der Waals surface area contributed by atoms with Crippen LogP contribution in [0.5, 0.6) is 0 Å². The molecule has 80 valence electrons. The summed E-state index contributed by atoms with van der Waals surface area (Å²) in [6, 6.07) is 0. The van der Waals surface area contributed by atoms with Crippen molar-refractivity contribution in [3.05, 3.63) is 16.1 Å². The second kappa shape index (κ2) is 4.41. The number of thiazole rings is 1. The smallest absolute Gasteiger partial charge is 0.0898 e. The average Bonchev–Trinajstić information content (AvgIpc) is 2.46. The minimum Gasteiger partial charge on any atom is -0.388 e. The van der Waals surface area contributed by atoms with Crippen molar-refractivity contribution in [2.75, 3.05) is 0 Å². The van der Waals surface area contributed by atoms with Crippen molar-refractivity contribution in [2.24, 2.45) is 5.41 Å². The Morgan fingerprint density at radius 3 is 2.57 bits per heavy atom. The first-order valence-corrected chi connectivity index (χ1v) is 5.80. The van der Waals surface area contributed by atoms with Crippen LogP contribution in [0, 0.1) is 12.3 Å². The first kappa shape index (κ1) is 11.7. The van der Waals surface area contributed by atoms with Crippen LogP contribution in [-0.4, -0.2) is 10.1 Å². The maximum Gasteiger partial charge on any atom is 0.0898 e. The van der Waals surface area contributed by atoms with Crippen LogP contribution in [0.2, 0.25) is 0 Å². The van der Waals surface area contributed by atoms with Crippen LogP contribution in [0.25, 0.3) is 0 Å². The number of aromatic nitrogens is 1. The quantitative estimate of drug-likeness (QED) is 0.835. The third-order valence-electron chi connectivity index (χ3n) is 2.14. The van der Waals surface area contributed by atoms with Crippen molar-refractivity contribution in [3.8, 4) is 0 Å². The Labute approximate surface area is 90.0 Å². The van der Waals surface area contributed by atoms with Gasteiger partial charge < -0.3 is 5.11 Å². The van der Waals surface area contributed by atoms with Gasteiger partial charge in [0.15, 0.2) is 0 Å². The summed E-state index contributed by atoms with van der Waals surface area (Å²) in [6.45, 7) is 8.54. The van der Waals surface area contributed by atoms with E-state index in [9.17, 15) is 5.11 Å². The van der Waals surface area contributed by atoms with Gasteiger partial charge in [0, 0.05) is 6.20 Å². The minimum atomic E-state index is -0.333. The first-order chi connectivity index (χ1) is 6.38. The fraction of sp³-hybridized carbons (Fsp3) is 0.727. The van der Waals surface area contributed by atoms with E-state index in [2.05, 4.69) is 25.8 Å². The molecule has 0 aliphatic heterocycles. The van der Waals surface area contributed by atoms with E-state index in [-0.39, 0.29) is 6.10 Å². The van der Waals surface area contributed by atoms with Gasteiger partial charge in [-0.1, -0.05) is 20.8 Å². The molecule has 0 amide bonds. The zero-order chi connectivity index (χ0) is 10.8. The fourth-order valence-electron chi connectivity index (χ4n) is 1.24. The van der Waals surface area contributed by atoms with E-state index in [0.29, 0.717) is 5.41 Å². The topological polar surface area (TPSA) is 33.1 Å². The van der Waals surface area contributed by atoms with E-state index < -0.39 is 0 Å². The predicted octanol–water partition coefficient (Wildman–Crippen LogP) is 3.31. The van der Waals surface area contributed by atoms with E-state index >= 15 is 0 Å². The van der Waals surface area contributed by atoms with Crippen LogP contribution in [0.3, 0.4) is 0 Å². The minimum absolute atomic E-state index is 0.292. The molecule has 0 bridgehead atoms. The van der Waals surface area contributed by atoms with Crippen molar-refractivity contribution >= 4 is 11.3 Å². The average molecular weight is 213 g/mol. The van der Waals surface area contributed by atoms with Gasteiger partial charge in [-0.25, -0.2) is 4.98 Å². The van der Waals surface area contributed by atoms with Crippen molar-refractivity contribution in [1.82, 2.24) is 4.98 Å². The van der Waals surface area contributed by atoms with Crippen molar-refractivity contribution in [1.29, 1.82) is 0 Å².